The van der Waals surface area contributed by atoms with E-state index >= 15 is 0 Å². The van der Waals surface area contributed by atoms with Crippen molar-refractivity contribution >= 4 is 60.7 Å². The molecule has 1 aliphatic rings. The van der Waals surface area contributed by atoms with Crippen molar-refractivity contribution in [1.29, 1.82) is 0 Å². The maximum absolute atomic E-state index is 13.5. The molecule has 0 spiro atoms. The summed E-state index contributed by atoms with van der Waals surface area (Å²) in [6.45, 7) is 4.94. The largest absolute Gasteiger partial charge is 0.369 e. The fraction of sp³-hybridized carbons (Fsp3) is 0.279. The van der Waals surface area contributed by atoms with E-state index in [4.69, 9.17) is 0 Å². The Morgan fingerprint density at radius 1 is 0.875 bits per heavy atom. The molecule has 1 aliphatic heterocycles. The number of thiophene rings is 1. The summed E-state index contributed by atoms with van der Waals surface area (Å²) in [6, 6.07) is 38.7. The van der Waals surface area contributed by atoms with E-state index in [2.05, 4.69) is 69.7 Å². The number of nitrogens with zero attached hydrogens (tertiary/aromatic N) is 4. The molecule has 0 aliphatic carbocycles. The standard InChI is InChI=1S/C43H47N5O5S3/c1-45(2)24-22-36(31-54-38-16-10-5-11-17-38)44-43-40(48(50)51)30-42(55-43)56(52,53)32-41(49)35-18-20-37(21-19-35)47-28-26-46(27-29-47)25-23-39(33-12-6-3-7-13-33)34-14-8-4-9-15-34/h3-21,23,30,36,44H,22,24-29,31-32H2,1-2H3/t36-/m1/s1. The van der Waals surface area contributed by atoms with Crippen molar-refractivity contribution in [2.24, 2.45) is 0 Å². The van der Waals surface area contributed by atoms with Crippen molar-refractivity contribution in [2.45, 2.75) is 21.6 Å². The highest BCUT2D eigenvalue weighted by Crippen LogP contribution is 2.39. The number of benzene rings is 4. The van der Waals surface area contributed by atoms with Gasteiger partial charge in [0.25, 0.3) is 0 Å². The number of ketones is 1. The van der Waals surface area contributed by atoms with Gasteiger partial charge >= 0.3 is 5.69 Å². The third kappa shape index (κ3) is 11.2. The van der Waals surface area contributed by atoms with Gasteiger partial charge in [-0.2, -0.15) is 0 Å². The molecule has 13 heteroatoms. The number of anilines is 2. The van der Waals surface area contributed by atoms with E-state index in [9.17, 15) is 23.3 Å². The van der Waals surface area contributed by atoms with Gasteiger partial charge in [0.2, 0.25) is 0 Å². The van der Waals surface area contributed by atoms with Crippen molar-refractivity contribution in [1.82, 2.24) is 9.80 Å². The van der Waals surface area contributed by atoms with Crippen LogP contribution in [0.1, 0.15) is 27.9 Å². The zero-order valence-corrected chi connectivity index (χ0v) is 34.1. The van der Waals surface area contributed by atoms with E-state index < -0.39 is 26.3 Å². The zero-order chi connectivity index (χ0) is 39.5. The topological polar surface area (TPSA) is 116 Å². The molecule has 0 unspecified atom stereocenters. The van der Waals surface area contributed by atoms with Crippen LogP contribution in [0.3, 0.4) is 0 Å². The Morgan fingerprint density at radius 3 is 2.04 bits per heavy atom. The Balaban J connectivity index is 1.06. The maximum atomic E-state index is 13.5. The van der Waals surface area contributed by atoms with Crippen molar-refractivity contribution < 1.29 is 18.1 Å². The molecular weight excluding hydrogens is 763 g/mol. The van der Waals surface area contributed by atoms with Gasteiger partial charge in [-0.3, -0.25) is 19.8 Å². The van der Waals surface area contributed by atoms with Crippen LogP contribution in [0.5, 0.6) is 0 Å². The predicted molar refractivity (Wildman–Crippen MR) is 230 cm³/mol. The van der Waals surface area contributed by atoms with E-state index in [0.717, 1.165) is 67.3 Å². The second-order valence-corrected chi connectivity index (χ2v) is 18.3. The number of nitrogens with one attached hydrogen (secondary N) is 1. The highest BCUT2D eigenvalue weighted by Gasteiger charge is 2.30. The smallest absolute Gasteiger partial charge is 0.304 e. The fourth-order valence-corrected chi connectivity index (χ4v) is 10.2. The van der Waals surface area contributed by atoms with Crippen LogP contribution in [0.2, 0.25) is 0 Å². The molecule has 292 valence electrons. The monoisotopic (exact) mass is 809 g/mol. The van der Waals surface area contributed by atoms with Gasteiger partial charge in [0.05, 0.1) is 4.92 Å². The molecule has 0 bridgehead atoms. The Morgan fingerprint density at radius 2 is 1.46 bits per heavy atom. The number of carbonyl (C=O) groups excluding carboxylic acids is 1. The molecular formula is C43H47N5O5S3. The average Bonchev–Trinajstić information content (AvgIpc) is 3.66. The third-order valence-electron chi connectivity index (χ3n) is 9.62. The summed E-state index contributed by atoms with van der Waals surface area (Å²) in [5.41, 5.74) is 4.52. The molecule has 6 rings (SSSR count). The molecule has 1 fully saturated rings. The average molecular weight is 810 g/mol. The lowest BCUT2D eigenvalue weighted by Gasteiger charge is -2.35. The number of hydrogen-bond acceptors (Lipinski definition) is 11. The van der Waals surface area contributed by atoms with Crippen LogP contribution in [0.15, 0.2) is 137 Å². The van der Waals surface area contributed by atoms with Crippen LogP contribution in [0.25, 0.3) is 5.57 Å². The van der Waals surface area contributed by atoms with E-state index in [-0.39, 0.29) is 26.5 Å². The van der Waals surface area contributed by atoms with Gasteiger partial charge in [-0.05, 0) is 80.2 Å². The summed E-state index contributed by atoms with van der Waals surface area (Å²) in [6.07, 6.45) is 2.99. The van der Waals surface area contributed by atoms with Gasteiger partial charge in [0.15, 0.2) is 20.6 Å². The summed E-state index contributed by atoms with van der Waals surface area (Å²) < 4.78 is 26.9. The maximum Gasteiger partial charge on any atom is 0.304 e. The van der Waals surface area contributed by atoms with Crippen LogP contribution in [-0.2, 0) is 9.84 Å². The Hall–Kier alpha value is -4.79. The van der Waals surface area contributed by atoms with Gasteiger partial charge in [-0.25, -0.2) is 8.42 Å². The Bertz CT molecular complexity index is 2150. The van der Waals surface area contributed by atoms with Crippen molar-refractivity contribution in [3.8, 4) is 0 Å². The van der Waals surface area contributed by atoms with E-state index in [1.807, 2.05) is 73.6 Å². The Kier molecular flexibility index (Phi) is 14.1. The molecule has 0 amide bonds. The second-order valence-electron chi connectivity index (χ2n) is 14.0. The predicted octanol–water partition coefficient (Wildman–Crippen LogP) is 8.09. The van der Waals surface area contributed by atoms with Crippen molar-refractivity contribution in [2.75, 3.05) is 75.1 Å². The Labute approximate surface area is 337 Å². The quantitative estimate of drug-likeness (QED) is 0.0403. The highest BCUT2D eigenvalue weighted by molar-refractivity contribution is 7.99. The van der Waals surface area contributed by atoms with Gasteiger partial charge in [-0.1, -0.05) is 96.3 Å². The molecule has 1 atom stereocenters. The first kappa shape index (κ1) is 40.9. The number of Topliss-reactive ketones (excluding diaryl/α,β-unsaturated/α-hetero) is 1. The molecule has 56 heavy (non-hydrogen) atoms. The van der Waals surface area contributed by atoms with Gasteiger partial charge in [-0.15, -0.1) is 11.8 Å². The van der Waals surface area contributed by atoms with Crippen molar-refractivity contribution in [3.05, 3.63) is 154 Å². The van der Waals surface area contributed by atoms with Crippen LogP contribution < -0.4 is 10.2 Å². The first-order valence-electron chi connectivity index (χ1n) is 18.6. The SMILES string of the molecule is CN(C)CC[C@H](CSc1ccccc1)Nc1sc(S(=O)(=O)CC(=O)c2ccc(N3CCN(CC=C(c4ccccc4)c4ccccc4)CC3)cc2)cc1[N+](=O)[O-]. The minimum Gasteiger partial charge on any atom is -0.369 e. The first-order valence-corrected chi connectivity index (χ1v) is 22.0. The van der Waals surface area contributed by atoms with Crippen LogP contribution >= 0.6 is 23.1 Å². The number of rotatable bonds is 18. The van der Waals surface area contributed by atoms with E-state index in [1.165, 1.54) is 16.7 Å². The van der Waals surface area contributed by atoms with Crippen LogP contribution in [-0.4, -0.2) is 99.8 Å². The summed E-state index contributed by atoms with van der Waals surface area (Å²) in [4.78, 5) is 32.6. The summed E-state index contributed by atoms with van der Waals surface area (Å²) in [5.74, 6) is -0.715. The molecule has 1 saturated heterocycles. The summed E-state index contributed by atoms with van der Waals surface area (Å²) in [7, 11) is -0.237. The molecule has 5 aromatic rings. The molecule has 4 aromatic carbocycles. The third-order valence-corrected chi connectivity index (χ3v) is 14.0. The number of nitro groups is 1. The molecule has 1 N–H and O–H groups in total. The molecule has 1 aromatic heterocycles. The summed E-state index contributed by atoms with van der Waals surface area (Å²) >= 11 is 2.44. The lowest BCUT2D eigenvalue weighted by Crippen LogP contribution is -2.46. The highest BCUT2D eigenvalue weighted by atomic mass is 32.2. The lowest BCUT2D eigenvalue weighted by molar-refractivity contribution is -0.383. The molecule has 0 saturated carbocycles. The molecule has 2 heterocycles. The van der Waals surface area contributed by atoms with Gasteiger partial charge in [0, 0.05) is 66.7 Å². The van der Waals surface area contributed by atoms with Gasteiger partial charge < -0.3 is 15.1 Å². The van der Waals surface area contributed by atoms with Crippen molar-refractivity contribution in [3.63, 3.8) is 0 Å². The second kappa shape index (κ2) is 19.4. The molecule has 10 nitrogen and oxygen atoms in total. The van der Waals surface area contributed by atoms with Crippen LogP contribution in [0.4, 0.5) is 16.4 Å². The minimum atomic E-state index is -4.15. The number of carbonyl (C=O) groups is 1. The van der Waals surface area contributed by atoms with E-state index in [1.54, 1.807) is 23.9 Å². The number of thioether (sulfide) groups is 1. The number of sulfone groups is 1. The lowest BCUT2D eigenvalue weighted by atomic mass is 9.97. The minimum absolute atomic E-state index is 0.164. The molecule has 0 radical (unpaired) electrons. The first-order chi connectivity index (χ1) is 27.1. The normalized spacial score (nSPS) is 14.0. The van der Waals surface area contributed by atoms with Crippen LogP contribution in [0, 0.1) is 10.1 Å². The summed E-state index contributed by atoms with van der Waals surface area (Å²) in [5, 5.41) is 15.5. The number of piperazine rings is 1. The van der Waals surface area contributed by atoms with E-state index in [0.29, 0.717) is 12.2 Å². The number of hydrogen-bond donors (Lipinski definition) is 1. The zero-order valence-electron chi connectivity index (χ0n) is 31.6. The van der Waals surface area contributed by atoms with Gasteiger partial charge in [0.1, 0.15) is 9.96 Å². The fourth-order valence-electron chi connectivity index (χ4n) is 6.49.